The number of carbonyl (C=O) groups excluding carboxylic acids is 3. The molecule has 1 heterocycles. The molecular formula is C20H15BrN2O5. The first-order valence-corrected chi connectivity index (χ1v) is 8.99. The van der Waals surface area contributed by atoms with Crippen molar-refractivity contribution in [1.29, 1.82) is 0 Å². The van der Waals surface area contributed by atoms with Crippen molar-refractivity contribution in [3.8, 4) is 0 Å². The molecule has 3 aromatic rings. The topological polar surface area (TPSA) is 97.6 Å². The van der Waals surface area contributed by atoms with Crippen LogP contribution < -0.4 is 10.6 Å². The number of para-hydroxylation sites is 2. The van der Waals surface area contributed by atoms with Crippen LogP contribution in [-0.2, 0) is 9.53 Å². The van der Waals surface area contributed by atoms with E-state index in [0.29, 0.717) is 10.2 Å². The Morgan fingerprint density at radius 1 is 0.893 bits per heavy atom. The summed E-state index contributed by atoms with van der Waals surface area (Å²) in [7, 11) is 0. The average molecular weight is 443 g/mol. The van der Waals surface area contributed by atoms with Gasteiger partial charge in [-0.3, -0.25) is 9.59 Å². The molecular weight excluding hydrogens is 428 g/mol. The molecule has 0 spiro atoms. The van der Waals surface area contributed by atoms with Crippen molar-refractivity contribution >= 4 is 45.1 Å². The van der Waals surface area contributed by atoms with Gasteiger partial charge in [0.05, 0.1) is 23.2 Å². The van der Waals surface area contributed by atoms with E-state index in [1.165, 1.54) is 18.4 Å². The summed E-state index contributed by atoms with van der Waals surface area (Å²) in [6.45, 7) is -0.472. The average Bonchev–Trinajstić information content (AvgIpc) is 3.23. The molecule has 0 saturated carbocycles. The van der Waals surface area contributed by atoms with Gasteiger partial charge >= 0.3 is 5.97 Å². The number of ether oxygens (including phenoxy) is 1. The quantitative estimate of drug-likeness (QED) is 0.560. The second kappa shape index (κ2) is 9.01. The van der Waals surface area contributed by atoms with Crippen LogP contribution in [0, 0.1) is 0 Å². The third-order valence-corrected chi connectivity index (χ3v) is 4.31. The fraction of sp³-hybridized carbons (Fsp3) is 0.0500. The highest BCUT2D eigenvalue weighted by molar-refractivity contribution is 9.10. The van der Waals surface area contributed by atoms with E-state index in [2.05, 4.69) is 26.6 Å². The summed E-state index contributed by atoms with van der Waals surface area (Å²) in [5.74, 6) is -1.62. The van der Waals surface area contributed by atoms with Gasteiger partial charge in [-0.2, -0.15) is 0 Å². The van der Waals surface area contributed by atoms with Crippen molar-refractivity contribution in [2.75, 3.05) is 17.2 Å². The molecule has 8 heteroatoms. The van der Waals surface area contributed by atoms with Crippen LogP contribution >= 0.6 is 15.9 Å². The molecule has 2 amide bonds. The highest BCUT2D eigenvalue weighted by Gasteiger charge is 2.17. The zero-order valence-corrected chi connectivity index (χ0v) is 16.1. The van der Waals surface area contributed by atoms with Crippen molar-refractivity contribution in [2.24, 2.45) is 0 Å². The van der Waals surface area contributed by atoms with Gasteiger partial charge in [0.15, 0.2) is 12.4 Å². The molecule has 3 rings (SSSR count). The Balaban J connectivity index is 1.62. The number of furan rings is 1. The molecule has 28 heavy (non-hydrogen) atoms. The molecule has 0 atom stereocenters. The molecule has 0 aliphatic carbocycles. The number of benzene rings is 2. The molecule has 1 aromatic heterocycles. The lowest BCUT2D eigenvalue weighted by molar-refractivity contribution is -0.119. The van der Waals surface area contributed by atoms with Crippen LogP contribution in [0.4, 0.5) is 11.4 Å². The van der Waals surface area contributed by atoms with E-state index in [4.69, 9.17) is 9.15 Å². The fourth-order valence-corrected chi connectivity index (χ4v) is 2.70. The van der Waals surface area contributed by atoms with Gasteiger partial charge in [-0.25, -0.2) is 4.79 Å². The largest absolute Gasteiger partial charge is 0.459 e. The lowest BCUT2D eigenvalue weighted by atomic mass is 10.1. The molecule has 0 fully saturated rings. The number of nitrogens with one attached hydrogen (secondary N) is 2. The summed E-state index contributed by atoms with van der Waals surface area (Å²) in [6.07, 6.45) is 1.37. The molecule has 2 aromatic carbocycles. The number of amides is 2. The molecule has 0 radical (unpaired) electrons. The number of rotatable bonds is 6. The highest BCUT2D eigenvalue weighted by Crippen LogP contribution is 2.21. The fourth-order valence-electron chi connectivity index (χ4n) is 2.32. The third kappa shape index (κ3) is 4.86. The summed E-state index contributed by atoms with van der Waals surface area (Å²) in [5.41, 5.74) is 0.936. The molecule has 0 saturated heterocycles. The Morgan fingerprint density at radius 3 is 2.32 bits per heavy atom. The van der Waals surface area contributed by atoms with Gasteiger partial charge in [0, 0.05) is 4.47 Å². The molecule has 0 aliphatic rings. The first kappa shape index (κ1) is 19.4. The lowest BCUT2D eigenvalue weighted by Crippen LogP contribution is -2.22. The maximum absolute atomic E-state index is 12.4. The van der Waals surface area contributed by atoms with Crippen LogP contribution in [0.2, 0.25) is 0 Å². The Morgan fingerprint density at radius 2 is 1.61 bits per heavy atom. The van der Waals surface area contributed by atoms with E-state index in [0.717, 1.165) is 0 Å². The summed E-state index contributed by atoms with van der Waals surface area (Å²) >= 11 is 3.32. The monoisotopic (exact) mass is 442 g/mol. The van der Waals surface area contributed by atoms with E-state index >= 15 is 0 Å². The predicted octanol–water partition coefficient (Wildman–Crippen LogP) is 4.09. The lowest BCUT2D eigenvalue weighted by Gasteiger charge is -2.11. The van der Waals surface area contributed by atoms with Crippen molar-refractivity contribution in [3.05, 3.63) is 82.7 Å². The third-order valence-electron chi connectivity index (χ3n) is 3.62. The Labute approximate surface area is 168 Å². The minimum Gasteiger partial charge on any atom is -0.459 e. The van der Waals surface area contributed by atoms with Crippen LogP contribution in [-0.4, -0.2) is 24.4 Å². The minimum atomic E-state index is -0.738. The molecule has 0 unspecified atom stereocenters. The molecule has 0 bridgehead atoms. The van der Waals surface area contributed by atoms with E-state index in [9.17, 15) is 14.4 Å². The number of esters is 1. The highest BCUT2D eigenvalue weighted by atomic mass is 79.9. The summed E-state index contributed by atoms with van der Waals surface area (Å²) in [6, 6.07) is 16.5. The van der Waals surface area contributed by atoms with E-state index < -0.39 is 24.4 Å². The van der Waals surface area contributed by atoms with Gasteiger partial charge in [-0.15, -0.1) is 0 Å². The van der Waals surface area contributed by atoms with Crippen LogP contribution in [0.5, 0.6) is 0 Å². The molecule has 0 aliphatic heterocycles. The van der Waals surface area contributed by atoms with Gasteiger partial charge in [0.1, 0.15) is 0 Å². The Kier molecular flexibility index (Phi) is 6.23. The van der Waals surface area contributed by atoms with Gasteiger partial charge < -0.3 is 19.8 Å². The maximum atomic E-state index is 12.4. The second-order valence-electron chi connectivity index (χ2n) is 5.58. The van der Waals surface area contributed by atoms with Crippen molar-refractivity contribution < 1.29 is 23.5 Å². The number of hydrogen-bond acceptors (Lipinski definition) is 5. The SMILES string of the molecule is O=C(COC(=O)c1ccccc1NC(=O)c1ccco1)Nc1ccccc1Br. The van der Waals surface area contributed by atoms with Gasteiger partial charge in [0.25, 0.3) is 11.8 Å². The molecule has 142 valence electrons. The summed E-state index contributed by atoms with van der Waals surface area (Å²) < 4.78 is 10.8. The number of carbonyl (C=O) groups is 3. The van der Waals surface area contributed by atoms with Crippen LogP contribution in [0.15, 0.2) is 75.8 Å². The van der Waals surface area contributed by atoms with Gasteiger partial charge in [0.2, 0.25) is 0 Å². The second-order valence-corrected chi connectivity index (χ2v) is 6.44. The molecule has 7 nitrogen and oxygen atoms in total. The van der Waals surface area contributed by atoms with Crippen molar-refractivity contribution in [1.82, 2.24) is 0 Å². The standard InChI is InChI=1S/C20H15BrN2O5/c21-14-7-2-4-9-16(14)22-18(24)12-28-20(26)13-6-1-3-8-15(13)23-19(25)17-10-5-11-27-17/h1-11H,12H2,(H,22,24)(H,23,25). The first-order valence-electron chi connectivity index (χ1n) is 8.20. The van der Waals surface area contributed by atoms with Gasteiger partial charge in [-0.05, 0) is 52.3 Å². The summed E-state index contributed by atoms with van der Waals surface area (Å²) in [4.78, 5) is 36.5. The van der Waals surface area contributed by atoms with Crippen LogP contribution in [0.1, 0.15) is 20.9 Å². The van der Waals surface area contributed by atoms with Crippen LogP contribution in [0.3, 0.4) is 0 Å². The Bertz CT molecular complexity index is 1000. The van der Waals surface area contributed by atoms with E-state index in [-0.39, 0.29) is 17.0 Å². The smallest absolute Gasteiger partial charge is 0.340 e. The first-order chi connectivity index (χ1) is 13.5. The number of halogens is 1. The van der Waals surface area contributed by atoms with E-state index in [1.54, 1.807) is 42.5 Å². The van der Waals surface area contributed by atoms with Crippen molar-refractivity contribution in [3.63, 3.8) is 0 Å². The van der Waals surface area contributed by atoms with E-state index in [1.807, 2.05) is 6.07 Å². The minimum absolute atomic E-state index is 0.107. The molecule has 2 N–H and O–H groups in total. The number of anilines is 2. The van der Waals surface area contributed by atoms with Crippen LogP contribution in [0.25, 0.3) is 0 Å². The predicted molar refractivity (Wildman–Crippen MR) is 106 cm³/mol. The van der Waals surface area contributed by atoms with Crippen molar-refractivity contribution in [2.45, 2.75) is 0 Å². The zero-order valence-electron chi connectivity index (χ0n) is 14.5. The Hall–Kier alpha value is -3.39. The maximum Gasteiger partial charge on any atom is 0.340 e. The van der Waals surface area contributed by atoms with Gasteiger partial charge in [-0.1, -0.05) is 24.3 Å². The zero-order chi connectivity index (χ0) is 19.9. The normalized spacial score (nSPS) is 10.2. The number of hydrogen-bond donors (Lipinski definition) is 2. The summed E-state index contributed by atoms with van der Waals surface area (Å²) in [5, 5.41) is 5.23.